The van der Waals surface area contributed by atoms with E-state index in [1.165, 1.54) is 44.6 Å². The molecular formula is C42H35N2+. The van der Waals surface area contributed by atoms with Crippen LogP contribution in [0.15, 0.2) is 188 Å². The topological polar surface area (TPSA) is 8.81 Å². The highest BCUT2D eigenvalue weighted by molar-refractivity contribution is 5.63. The third-order valence-corrected chi connectivity index (χ3v) is 8.52. The van der Waals surface area contributed by atoms with Gasteiger partial charge >= 0.3 is 0 Å². The highest BCUT2D eigenvalue weighted by atomic mass is 15.2. The second-order valence-corrected chi connectivity index (χ2v) is 11.3. The van der Waals surface area contributed by atoms with Crippen LogP contribution in [0.2, 0.25) is 0 Å². The molecule has 0 unspecified atom stereocenters. The summed E-state index contributed by atoms with van der Waals surface area (Å²) < 4.78 is 4.86. The zero-order valence-electron chi connectivity index (χ0n) is 24.7. The summed E-state index contributed by atoms with van der Waals surface area (Å²) in [5.74, 6) is 0. The number of nitrogens with zero attached hydrogens (tertiary/aromatic N) is 2. The summed E-state index contributed by atoms with van der Waals surface area (Å²) in [5, 5.41) is 0. The van der Waals surface area contributed by atoms with Crippen molar-refractivity contribution in [3.63, 3.8) is 0 Å². The maximum absolute atomic E-state index is 2.43. The van der Waals surface area contributed by atoms with E-state index in [1.54, 1.807) is 0 Å². The van der Waals surface area contributed by atoms with Crippen LogP contribution in [-0.4, -0.2) is 4.57 Å². The normalized spacial score (nSPS) is 11.4. The van der Waals surface area contributed by atoms with E-state index in [1.807, 2.05) is 0 Å². The van der Waals surface area contributed by atoms with Gasteiger partial charge in [0, 0.05) is 23.1 Å². The molecule has 1 aromatic heterocycles. The number of hydrogen-bond acceptors (Lipinski definition) is 0. The van der Waals surface area contributed by atoms with E-state index in [9.17, 15) is 0 Å². The van der Waals surface area contributed by atoms with E-state index in [2.05, 4.69) is 198 Å². The Morgan fingerprint density at radius 2 is 0.864 bits per heavy atom. The molecule has 0 aliphatic heterocycles. The van der Waals surface area contributed by atoms with E-state index >= 15 is 0 Å². The number of rotatable bonds is 9. The van der Waals surface area contributed by atoms with Crippen LogP contribution in [0.1, 0.15) is 33.5 Å². The summed E-state index contributed by atoms with van der Waals surface area (Å²) in [6.45, 7) is 0.776. The van der Waals surface area contributed by atoms with Gasteiger partial charge in [0.05, 0.1) is 0 Å². The molecule has 6 aromatic carbocycles. The van der Waals surface area contributed by atoms with Crippen molar-refractivity contribution in [1.29, 1.82) is 0 Å². The summed E-state index contributed by atoms with van der Waals surface area (Å²) in [5.41, 5.74) is 9.40. The van der Waals surface area contributed by atoms with Crippen molar-refractivity contribution in [3.8, 4) is 11.1 Å². The molecule has 2 heteroatoms. The van der Waals surface area contributed by atoms with Gasteiger partial charge in [-0.3, -0.25) is 0 Å². The lowest BCUT2D eigenvalue weighted by molar-refractivity contribution is -0.734. The first kappa shape index (κ1) is 27.4. The van der Waals surface area contributed by atoms with Gasteiger partial charge in [-0.2, -0.15) is 0 Å². The van der Waals surface area contributed by atoms with Gasteiger partial charge in [0.25, 0.3) is 0 Å². The molecule has 7 aromatic rings. The lowest BCUT2D eigenvalue weighted by atomic mass is 9.77. The van der Waals surface area contributed by atoms with Gasteiger partial charge in [-0.15, -0.1) is 0 Å². The van der Waals surface area contributed by atoms with Crippen molar-refractivity contribution in [1.82, 2.24) is 4.57 Å². The molecule has 0 bridgehead atoms. The first-order valence-corrected chi connectivity index (χ1v) is 15.3. The number of hydrogen-bond donors (Lipinski definition) is 0. The van der Waals surface area contributed by atoms with Crippen molar-refractivity contribution in [2.24, 2.45) is 0 Å². The van der Waals surface area contributed by atoms with Crippen LogP contribution in [0.4, 0.5) is 0 Å². The van der Waals surface area contributed by atoms with Crippen LogP contribution < -0.4 is 4.57 Å². The van der Waals surface area contributed by atoms with E-state index in [-0.39, 0.29) is 0 Å². The molecule has 0 spiro atoms. The average Bonchev–Trinajstić information content (AvgIpc) is 3.49. The van der Waals surface area contributed by atoms with Crippen LogP contribution in [-0.2, 0) is 18.5 Å². The van der Waals surface area contributed by atoms with Crippen molar-refractivity contribution < 1.29 is 4.57 Å². The molecule has 0 N–H and O–H groups in total. The lowest BCUT2D eigenvalue weighted by Gasteiger charge is -2.32. The Kier molecular flexibility index (Phi) is 7.72. The smallest absolute Gasteiger partial charge is 0.229 e. The maximum Gasteiger partial charge on any atom is 0.245 e. The largest absolute Gasteiger partial charge is 0.245 e. The predicted molar refractivity (Wildman–Crippen MR) is 179 cm³/mol. The molecule has 0 atom stereocenters. The van der Waals surface area contributed by atoms with Gasteiger partial charge in [-0.1, -0.05) is 176 Å². The molecule has 0 aliphatic rings. The molecule has 7 rings (SSSR count). The third-order valence-electron chi connectivity index (χ3n) is 8.52. The van der Waals surface area contributed by atoms with Crippen LogP contribution in [0, 0.1) is 0 Å². The number of benzene rings is 6. The van der Waals surface area contributed by atoms with E-state index in [0.717, 1.165) is 13.0 Å². The Balaban J connectivity index is 1.39. The standard InChI is InChI=1S/C42H35N2/c1-6-16-34(17-7-1)30-41-32-44(33-43(41)31-35-26-28-37(29-27-35)36-18-8-2-9-19-36)42(38-20-10-3-11-21-38,39-22-12-4-13-23-39)40-24-14-5-15-25-40/h1-29,32-33H,30-31H2/q+1. The van der Waals surface area contributed by atoms with Crippen molar-refractivity contribution >= 4 is 0 Å². The Labute approximate surface area is 260 Å². The minimum Gasteiger partial charge on any atom is -0.229 e. The Bertz CT molecular complexity index is 1810. The van der Waals surface area contributed by atoms with Gasteiger partial charge in [-0.25, -0.2) is 9.13 Å². The first-order valence-electron chi connectivity index (χ1n) is 15.3. The fourth-order valence-corrected chi connectivity index (χ4v) is 6.39. The lowest BCUT2D eigenvalue weighted by Crippen LogP contribution is -2.57. The number of imidazole rings is 1. The Morgan fingerprint density at radius 1 is 0.432 bits per heavy atom. The van der Waals surface area contributed by atoms with Gasteiger partial charge < -0.3 is 0 Å². The van der Waals surface area contributed by atoms with Gasteiger partial charge in [-0.05, 0) is 22.3 Å². The fraction of sp³-hybridized carbons (Fsp3) is 0.0714. The van der Waals surface area contributed by atoms with Crippen molar-refractivity contribution in [2.45, 2.75) is 18.5 Å². The van der Waals surface area contributed by atoms with E-state index < -0.39 is 5.54 Å². The highest BCUT2D eigenvalue weighted by Crippen LogP contribution is 2.36. The summed E-state index contributed by atoms with van der Waals surface area (Å²) in [6.07, 6.45) is 5.51. The van der Waals surface area contributed by atoms with Gasteiger partial charge in [0.15, 0.2) is 5.54 Å². The molecule has 0 radical (unpaired) electrons. The minimum absolute atomic E-state index is 0.558. The predicted octanol–water partition coefficient (Wildman–Crippen LogP) is 8.92. The third kappa shape index (κ3) is 5.39. The second kappa shape index (κ2) is 12.4. The zero-order chi connectivity index (χ0) is 29.6. The highest BCUT2D eigenvalue weighted by Gasteiger charge is 2.43. The molecule has 44 heavy (non-hydrogen) atoms. The summed E-state index contributed by atoms with van der Waals surface area (Å²) in [4.78, 5) is 0. The molecule has 0 aliphatic carbocycles. The summed E-state index contributed by atoms with van der Waals surface area (Å²) in [7, 11) is 0. The molecule has 0 fully saturated rings. The quantitative estimate of drug-likeness (QED) is 0.122. The van der Waals surface area contributed by atoms with Crippen LogP contribution in [0.25, 0.3) is 11.1 Å². The fourth-order valence-electron chi connectivity index (χ4n) is 6.39. The summed E-state index contributed by atoms with van der Waals surface area (Å²) in [6, 6.07) is 63.0. The van der Waals surface area contributed by atoms with Crippen molar-refractivity contribution in [3.05, 3.63) is 222 Å². The molecule has 212 valence electrons. The molecule has 0 saturated carbocycles. The SMILES string of the molecule is c1ccc(Cc2c[n+](C(c3ccccc3)(c3ccccc3)c3ccccc3)cn2Cc2ccc(-c3ccccc3)cc2)cc1. The van der Waals surface area contributed by atoms with Gasteiger partial charge in [0.2, 0.25) is 6.33 Å². The first-order chi connectivity index (χ1) is 21.8. The Hall–Kier alpha value is -5.47. The van der Waals surface area contributed by atoms with E-state index in [4.69, 9.17) is 0 Å². The van der Waals surface area contributed by atoms with Gasteiger partial charge in [0.1, 0.15) is 18.4 Å². The molecule has 1 heterocycles. The van der Waals surface area contributed by atoms with Crippen molar-refractivity contribution in [2.75, 3.05) is 0 Å². The van der Waals surface area contributed by atoms with Crippen LogP contribution in [0.3, 0.4) is 0 Å². The number of aromatic nitrogens is 2. The Morgan fingerprint density at radius 3 is 1.36 bits per heavy atom. The maximum atomic E-state index is 2.43. The minimum atomic E-state index is -0.558. The molecule has 0 saturated heterocycles. The molecular weight excluding hydrogens is 532 g/mol. The average molecular weight is 568 g/mol. The zero-order valence-corrected chi connectivity index (χ0v) is 24.7. The summed E-state index contributed by atoms with van der Waals surface area (Å²) >= 11 is 0. The van der Waals surface area contributed by atoms with Crippen LogP contribution >= 0.6 is 0 Å². The van der Waals surface area contributed by atoms with E-state index in [0.29, 0.717) is 0 Å². The molecule has 2 nitrogen and oxygen atoms in total. The van der Waals surface area contributed by atoms with Crippen LogP contribution in [0.5, 0.6) is 0 Å². The second-order valence-electron chi connectivity index (χ2n) is 11.3. The molecule has 0 amide bonds. The monoisotopic (exact) mass is 567 g/mol.